The molecule has 2 rings (SSSR count). The second-order valence-corrected chi connectivity index (χ2v) is 4.56. The lowest BCUT2D eigenvalue weighted by atomic mass is 10.1. The molecule has 0 bridgehead atoms. The van der Waals surface area contributed by atoms with Crippen LogP contribution in [0, 0.1) is 0 Å². The van der Waals surface area contributed by atoms with Gasteiger partial charge in [0.1, 0.15) is 19.0 Å². The van der Waals surface area contributed by atoms with Crippen LogP contribution in [0.25, 0.3) is 0 Å². The van der Waals surface area contributed by atoms with Crippen LogP contribution in [0.1, 0.15) is 25.7 Å². The van der Waals surface area contributed by atoms with Crippen molar-refractivity contribution in [3.05, 3.63) is 30.3 Å². The third kappa shape index (κ3) is 5.30. The average molecular weight is 264 g/mol. The molecule has 0 spiro atoms. The molecule has 19 heavy (non-hydrogen) atoms. The Bertz CT molecular complexity index is 371. The lowest BCUT2D eigenvalue weighted by Crippen LogP contribution is -2.14. The number of benzene rings is 1. The Morgan fingerprint density at radius 3 is 2.84 bits per heavy atom. The van der Waals surface area contributed by atoms with E-state index in [-0.39, 0.29) is 12.1 Å². The predicted molar refractivity (Wildman–Crippen MR) is 71.1 cm³/mol. The Labute approximate surface area is 113 Å². The van der Waals surface area contributed by atoms with Crippen LogP contribution in [0.3, 0.4) is 0 Å². The fourth-order valence-corrected chi connectivity index (χ4v) is 2.05. The summed E-state index contributed by atoms with van der Waals surface area (Å²) in [4.78, 5) is 11.5. The summed E-state index contributed by atoms with van der Waals surface area (Å²) >= 11 is 0. The summed E-state index contributed by atoms with van der Waals surface area (Å²) < 4.78 is 16.0. The van der Waals surface area contributed by atoms with Crippen LogP contribution in [0.5, 0.6) is 5.75 Å². The highest BCUT2D eigenvalue weighted by Crippen LogP contribution is 2.16. The molecule has 0 N–H and O–H groups in total. The van der Waals surface area contributed by atoms with Gasteiger partial charge in [-0.25, -0.2) is 0 Å². The number of carbonyl (C=O) groups is 1. The molecule has 0 aromatic heterocycles. The Morgan fingerprint density at radius 2 is 2.11 bits per heavy atom. The molecule has 104 valence electrons. The van der Waals surface area contributed by atoms with Gasteiger partial charge in [0.2, 0.25) is 0 Å². The van der Waals surface area contributed by atoms with E-state index < -0.39 is 0 Å². The normalized spacial score (nSPS) is 18.2. The Hall–Kier alpha value is -1.55. The van der Waals surface area contributed by atoms with Gasteiger partial charge in [-0.2, -0.15) is 0 Å². The van der Waals surface area contributed by atoms with Crippen molar-refractivity contribution in [1.29, 1.82) is 0 Å². The second-order valence-electron chi connectivity index (χ2n) is 4.56. The number of para-hydroxylation sites is 1. The van der Waals surface area contributed by atoms with E-state index in [1.807, 2.05) is 30.3 Å². The van der Waals surface area contributed by atoms with E-state index in [2.05, 4.69) is 0 Å². The lowest BCUT2D eigenvalue weighted by Gasteiger charge is -2.09. The zero-order valence-corrected chi connectivity index (χ0v) is 11.0. The van der Waals surface area contributed by atoms with Crippen molar-refractivity contribution in [2.45, 2.75) is 31.8 Å². The first-order valence-corrected chi connectivity index (χ1v) is 6.79. The summed E-state index contributed by atoms with van der Waals surface area (Å²) in [6.45, 7) is 1.50. The van der Waals surface area contributed by atoms with Gasteiger partial charge in [-0.15, -0.1) is 0 Å². The molecule has 1 saturated heterocycles. The number of esters is 1. The summed E-state index contributed by atoms with van der Waals surface area (Å²) in [5, 5.41) is 0. The molecule has 1 heterocycles. The van der Waals surface area contributed by atoms with Gasteiger partial charge < -0.3 is 14.2 Å². The highest BCUT2D eigenvalue weighted by molar-refractivity contribution is 5.69. The van der Waals surface area contributed by atoms with Crippen molar-refractivity contribution < 1.29 is 19.0 Å². The first-order chi connectivity index (χ1) is 9.34. The molecule has 4 nitrogen and oxygen atoms in total. The number of hydrogen-bond acceptors (Lipinski definition) is 4. The van der Waals surface area contributed by atoms with E-state index >= 15 is 0 Å². The molecule has 0 aliphatic carbocycles. The molecular formula is C15H20O4. The molecule has 4 heteroatoms. The summed E-state index contributed by atoms with van der Waals surface area (Å²) in [5.74, 6) is 0.616. The Morgan fingerprint density at radius 1 is 1.26 bits per heavy atom. The number of carbonyl (C=O) groups excluding carboxylic acids is 1. The van der Waals surface area contributed by atoms with Crippen LogP contribution >= 0.6 is 0 Å². The van der Waals surface area contributed by atoms with Crippen LogP contribution in [0.15, 0.2) is 30.3 Å². The maximum Gasteiger partial charge on any atom is 0.306 e. The van der Waals surface area contributed by atoms with Crippen molar-refractivity contribution in [3.63, 3.8) is 0 Å². The van der Waals surface area contributed by atoms with Gasteiger partial charge in [0.15, 0.2) is 0 Å². The van der Waals surface area contributed by atoms with Gasteiger partial charge >= 0.3 is 5.97 Å². The van der Waals surface area contributed by atoms with Crippen molar-refractivity contribution in [2.24, 2.45) is 0 Å². The summed E-state index contributed by atoms with van der Waals surface area (Å²) in [7, 11) is 0. The molecule has 0 radical (unpaired) electrons. The molecule has 1 atom stereocenters. The minimum atomic E-state index is -0.174. The van der Waals surface area contributed by atoms with E-state index in [1.54, 1.807) is 0 Å². The average Bonchev–Trinajstić information content (AvgIpc) is 2.96. The van der Waals surface area contributed by atoms with Crippen molar-refractivity contribution >= 4 is 5.97 Å². The Balaban J connectivity index is 1.51. The van der Waals surface area contributed by atoms with E-state index in [0.717, 1.165) is 31.6 Å². The molecule has 1 fully saturated rings. The van der Waals surface area contributed by atoms with E-state index in [4.69, 9.17) is 14.2 Å². The largest absolute Gasteiger partial charge is 0.490 e. The quantitative estimate of drug-likeness (QED) is 0.561. The first kappa shape index (κ1) is 13.9. The standard InChI is InChI=1S/C15H20O4/c16-15(9-8-14-7-4-10-17-14)19-12-11-18-13-5-2-1-3-6-13/h1-3,5-6,14H,4,7-12H2. The lowest BCUT2D eigenvalue weighted by molar-refractivity contribution is -0.145. The second kappa shape index (κ2) is 7.79. The molecule has 1 unspecified atom stereocenters. The monoisotopic (exact) mass is 264 g/mol. The fraction of sp³-hybridized carbons (Fsp3) is 0.533. The topological polar surface area (TPSA) is 44.8 Å². The minimum Gasteiger partial charge on any atom is -0.490 e. The third-order valence-electron chi connectivity index (χ3n) is 3.05. The maximum atomic E-state index is 11.5. The van der Waals surface area contributed by atoms with Gasteiger partial charge in [0, 0.05) is 13.0 Å². The van der Waals surface area contributed by atoms with Gasteiger partial charge in [-0.1, -0.05) is 18.2 Å². The van der Waals surface area contributed by atoms with Crippen molar-refractivity contribution in [3.8, 4) is 5.75 Å². The van der Waals surface area contributed by atoms with Gasteiger partial charge in [-0.3, -0.25) is 4.79 Å². The van der Waals surface area contributed by atoms with E-state index in [0.29, 0.717) is 19.6 Å². The van der Waals surface area contributed by atoms with Crippen molar-refractivity contribution in [1.82, 2.24) is 0 Å². The van der Waals surface area contributed by atoms with Crippen LogP contribution < -0.4 is 4.74 Å². The summed E-state index contributed by atoms with van der Waals surface area (Å²) in [6.07, 6.45) is 3.59. The summed E-state index contributed by atoms with van der Waals surface area (Å²) in [6, 6.07) is 9.49. The SMILES string of the molecule is O=C(CCC1CCCO1)OCCOc1ccccc1. The number of hydrogen-bond donors (Lipinski definition) is 0. The van der Waals surface area contributed by atoms with Crippen LogP contribution in [0.2, 0.25) is 0 Å². The first-order valence-electron chi connectivity index (χ1n) is 6.79. The Kier molecular flexibility index (Phi) is 5.69. The van der Waals surface area contributed by atoms with Crippen molar-refractivity contribution in [2.75, 3.05) is 19.8 Å². The van der Waals surface area contributed by atoms with Gasteiger partial charge in [0.25, 0.3) is 0 Å². The van der Waals surface area contributed by atoms with E-state index in [9.17, 15) is 4.79 Å². The van der Waals surface area contributed by atoms with Gasteiger partial charge in [0.05, 0.1) is 6.10 Å². The highest BCUT2D eigenvalue weighted by atomic mass is 16.6. The zero-order valence-electron chi connectivity index (χ0n) is 11.0. The van der Waals surface area contributed by atoms with Crippen LogP contribution in [-0.2, 0) is 14.3 Å². The van der Waals surface area contributed by atoms with Gasteiger partial charge in [-0.05, 0) is 31.4 Å². The molecule has 0 amide bonds. The fourth-order valence-electron chi connectivity index (χ4n) is 2.05. The number of rotatable bonds is 7. The molecule has 1 aliphatic rings. The van der Waals surface area contributed by atoms with Crippen LogP contribution in [0.4, 0.5) is 0 Å². The van der Waals surface area contributed by atoms with E-state index in [1.165, 1.54) is 0 Å². The minimum absolute atomic E-state index is 0.174. The molecule has 1 aromatic rings. The maximum absolute atomic E-state index is 11.5. The summed E-state index contributed by atoms with van der Waals surface area (Å²) in [5.41, 5.74) is 0. The smallest absolute Gasteiger partial charge is 0.306 e. The van der Waals surface area contributed by atoms with Crippen LogP contribution in [-0.4, -0.2) is 31.9 Å². The third-order valence-corrected chi connectivity index (χ3v) is 3.05. The highest BCUT2D eigenvalue weighted by Gasteiger charge is 2.16. The molecule has 1 aliphatic heterocycles. The zero-order chi connectivity index (χ0) is 13.3. The molecule has 1 aromatic carbocycles. The number of ether oxygens (including phenoxy) is 3. The molecule has 0 saturated carbocycles. The predicted octanol–water partition coefficient (Wildman–Crippen LogP) is 2.57. The molecular weight excluding hydrogens is 244 g/mol.